The monoisotopic (exact) mass is 410 g/mol. The number of thiazole rings is 1. The number of nitrogens with zero attached hydrogens (tertiary/aromatic N) is 2. The number of hydrogen-bond donors (Lipinski definition) is 1. The van der Waals surface area contributed by atoms with Crippen molar-refractivity contribution in [3.63, 3.8) is 0 Å². The largest absolute Gasteiger partial charge is 0.507 e. The minimum Gasteiger partial charge on any atom is -0.507 e. The van der Waals surface area contributed by atoms with Gasteiger partial charge in [0.1, 0.15) is 11.3 Å². The maximum Gasteiger partial charge on any atom is 0.342 e. The molecule has 0 bridgehead atoms. The molecule has 1 saturated heterocycles. The van der Waals surface area contributed by atoms with Crippen LogP contribution in [-0.2, 0) is 9.53 Å². The number of amides is 1. The number of esters is 1. The third kappa shape index (κ3) is 4.24. The molecule has 0 radical (unpaired) electrons. The van der Waals surface area contributed by atoms with E-state index in [1.54, 1.807) is 22.3 Å². The first kappa shape index (κ1) is 19.4. The Morgan fingerprint density at radius 2 is 2.10 bits per heavy atom. The molecule has 1 aliphatic heterocycles. The summed E-state index contributed by atoms with van der Waals surface area (Å²) in [6.07, 6.45) is 1.87. The highest BCUT2D eigenvalue weighted by molar-refractivity contribution is 7.18. The van der Waals surface area contributed by atoms with Crippen molar-refractivity contribution in [2.24, 2.45) is 0 Å². The first-order valence-electron chi connectivity index (χ1n) is 9.61. The molecule has 1 aliphatic rings. The van der Waals surface area contributed by atoms with Crippen LogP contribution in [0.25, 0.3) is 10.2 Å². The normalized spacial score (nSPS) is 16.7. The number of carbonyl (C=O) groups excluding carboxylic acids is 2. The van der Waals surface area contributed by atoms with E-state index in [2.05, 4.69) is 6.07 Å². The molecule has 0 unspecified atom stereocenters. The quantitative estimate of drug-likeness (QED) is 0.661. The summed E-state index contributed by atoms with van der Waals surface area (Å²) >= 11 is 1.67. The molecule has 2 aromatic carbocycles. The number of hydrogen-bond acceptors (Lipinski definition) is 6. The Morgan fingerprint density at radius 1 is 1.28 bits per heavy atom. The Morgan fingerprint density at radius 3 is 2.90 bits per heavy atom. The standard InChI is InChI=1S/C22H22N2O4S/c1-14-8-9-16(18(25)11-14)22(27)28-13-20(26)24-10-4-5-15(12-24)21-23-17-6-2-3-7-19(17)29-21/h2-3,6-9,11,15,25H,4-5,10,12-13H2,1H3/t15-/m0/s1. The van der Waals surface area contributed by atoms with Crippen LogP contribution in [0.5, 0.6) is 5.75 Å². The van der Waals surface area contributed by atoms with Crippen LogP contribution in [-0.4, -0.2) is 46.6 Å². The van der Waals surface area contributed by atoms with Gasteiger partial charge in [-0.1, -0.05) is 18.2 Å². The van der Waals surface area contributed by atoms with Crippen molar-refractivity contribution in [3.8, 4) is 5.75 Å². The Balaban J connectivity index is 1.37. The number of carbonyl (C=O) groups is 2. The van der Waals surface area contributed by atoms with E-state index in [0.717, 1.165) is 33.6 Å². The molecule has 7 heteroatoms. The van der Waals surface area contributed by atoms with Crippen LogP contribution in [0.2, 0.25) is 0 Å². The molecule has 1 N–H and O–H groups in total. The zero-order valence-electron chi connectivity index (χ0n) is 16.1. The number of rotatable bonds is 4. The fraction of sp³-hybridized carbons (Fsp3) is 0.318. The zero-order chi connectivity index (χ0) is 20.4. The van der Waals surface area contributed by atoms with Crippen LogP contribution in [0, 0.1) is 6.92 Å². The van der Waals surface area contributed by atoms with Crippen molar-refractivity contribution in [1.82, 2.24) is 9.88 Å². The van der Waals surface area contributed by atoms with Crippen molar-refractivity contribution >= 4 is 33.4 Å². The van der Waals surface area contributed by atoms with Gasteiger partial charge in [0.2, 0.25) is 0 Å². The van der Waals surface area contributed by atoms with Crippen molar-refractivity contribution in [2.45, 2.75) is 25.7 Å². The highest BCUT2D eigenvalue weighted by Crippen LogP contribution is 2.33. The van der Waals surface area contributed by atoms with Gasteiger partial charge in [0, 0.05) is 19.0 Å². The maximum absolute atomic E-state index is 12.6. The van der Waals surface area contributed by atoms with Crippen molar-refractivity contribution in [2.75, 3.05) is 19.7 Å². The summed E-state index contributed by atoms with van der Waals surface area (Å²) in [6.45, 7) is 2.70. The lowest BCUT2D eigenvalue weighted by atomic mass is 9.99. The molecule has 4 rings (SSSR count). The highest BCUT2D eigenvalue weighted by atomic mass is 32.1. The molecule has 150 valence electrons. The van der Waals surface area contributed by atoms with E-state index in [4.69, 9.17) is 9.72 Å². The number of benzene rings is 2. The number of piperidine rings is 1. The lowest BCUT2D eigenvalue weighted by Crippen LogP contribution is -2.41. The van der Waals surface area contributed by atoms with Gasteiger partial charge >= 0.3 is 5.97 Å². The Kier molecular flexibility index (Phi) is 5.49. The Hall–Kier alpha value is -2.93. The van der Waals surface area contributed by atoms with Crippen molar-refractivity contribution < 1.29 is 19.4 Å². The maximum atomic E-state index is 12.6. The molecule has 0 saturated carbocycles. The van der Waals surface area contributed by atoms with Gasteiger partial charge in [-0.25, -0.2) is 9.78 Å². The van der Waals surface area contributed by atoms with Crippen LogP contribution in [0.4, 0.5) is 0 Å². The van der Waals surface area contributed by atoms with Crippen LogP contribution < -0.4 is 0 Å². The van der Waals surface area contributed by atoms with Gasteiger partial charge in [-0.3, -0.25) is 4.79 Å². The molecule has 6 nitrogen and oxygen atoms in total. The predicted octanol–water partition coefficient (Wildman–Crippen LogP) is 3.87. The van der Waals surface area contributed by atoms with E-state index in [1.807, 2.05) is 25.1 Å². The van der Waals surface area contributed by atoms with E-state index in [0.29, 0.717) is 13.1 Å². The molecule has 1 aromatic heterocycles. The second-order valence-electron chi connectivity index (χ2n) is 7.30. The van der Waals surface area contributed by atoms with Gasteiger partial charge in [0.05, 0.1) is 15.2 Å². The fourth-order valence-electron chi connectivity index (χ4n) is 3.58. The molecule has 0 spiro atoms. The predicted molar refractivity (Wildman–Crippen MR) is 111 cm³/mol. The van der Waals surface area contributed by atoms with Gasteiger partial charge < -0.3 is 14.7 Å². The topological polar surface area (TPSA) is 79.7 Å². The number of aromatic nitrogens is 1. The molecule has 0 aliphatic carbocycles. The minimum absolute atomic E-state index is 0.0643. The smallest absolute Gasteiger partial charge is 0.342 e. The van der Waals surface area contributed by atoms with E-state index in [9.17, 15) is 14.7 Å². The van der Waals surface area contributed by atoms with E-state index in [1.165, 1.54) is 12.1 Å². The number of phenols is 1. The fourth-order valence-corrected chi connectivity index (χ4v) is 4.67. The summed E-state index contributed by atoms with van der Waals surface area (Å²) in [5, 5.41) is 10.9. The van der Waals surface area contributed by atoms with Crippen LogP contribution in [0.15, 0.2) is 42.5 Å². The number of ether oxygens (including phenoxy) is 1. The van der Waals surface area contributed by atoms with Gasteiger partial charge in [-0.2, -0.15) is 0 Å². The van der Waals surface area contributed by atoms with E-state index in [-0.39, 0.29) is 29.7 Å². The van der Waals surface area contributed by atoms with Crippen LogP contribution in [0.1, 0.15) is 39.7 Å². The summed E-state index contributed by atoms with van der Waals surface area (Å²) in [5.41, 5.74) is 1.89. The third-order valence-electron chi connectivity index (χ3n) is 5.13. The van der Waals surface area contributed by atoms with Crippen molar-refractivity contribution in [1.29, 1.82) is 0 Å². The molecule has 1 fully saturated rings. The van der Waals surface area contributed by atoms with Gasteiger partial charge in [0.25, 0.3) is 5.91 Å². The highest BCUT2D eigenvalue weighted by Gasteiger charge is 2.27. The second-order valence-corrected chi connectivity index (χ2v) is 8.36. The molecule has 3 aromatic rings. The minimum atomic E-state index is -0.699. The average molecular weight is 410 g/mol. The summed E-state index contributed by atoms with van der Waals surface area (Å²) < 4.78 is 6.30. The van der Waals surface area contributed by atoms with Gasteiger partial charge in [-0.05, 0) is 49.6 Å². The lowest BCUT2D eigenvalue weighted by molar-refractivity contribution is -0.135. The van der Waals surface area contributed by atoms with E-state index >= 15 is 0 Å². The molecule has 1 amide bonds. The molecule has 29 heavy (non-hydrogen) atoms. The number of aryl methyl sites for hydroxylation is 1. The van der Waals surface area contributed by atoms with Crippen LogP contribution in [0.3, 0.4) is 0 Å². The molecule has 2 heterocycles. The number of aromatic hydroxyl groups is 1. The van der Waals surface area contributed by atoms with Gasteiger partial charge in [-0.15, -0.1) is 11.3 Å². The Labute approximate surface area is 172 Å². The average Bonchev–Trinajstić information content (AvgIpc) is 3.16. The number of para-hydroxylation sites is 1. The zero-order valence-corrected chi connectivity index (χ0v) is 16.9. The lowest BCUT2D eigenvalue weighted by Gasteiger charge is -2.31. The summed E-state index contributed by atoms with van der Waals surface area (Å²) in [5.74, 6) is -0.871. The molecular weight excluding hydrogens is 388 g/mol. The molecular formula is C22H22N2O4S. The second kappa shape index (κ2) is 8.21. The number of fused-ring (bicyclic) bond motifs is 1. The molecule has 1 atom stereocenters. The first-order valence-corrected chi connectivity index (χ1v) is 10.4. The first-order chi connectivity index (χ1) is 14.0. The SMILES string of the molecule is Cc1ccc(C(=O)OCC(=O)N2CCC[C@H](c3nc4ccccc4s3)C2)c(O)c1. The summed E-state index contributed by atoms with van der Waals surface area (Å²) in [6, 6.07) is 12.7. The van der Waals surface area contributed by atoms with Crippen LogP contribution >= 0.6 is 11.3 Å². The summed E-state index contributed by atoms with van der Waals surface area (Å²) in [4.78, 5) is 31.2. The van der Waals surface area contributed by atoms with E-state index < -0.39 is 5.97 Å². The van der Waals surface area contributed by atoms with Gasteiger partial charge in [0.15, 0.2) is 6.61 Å². The van der Waals surface area contributed by atoms with Crippen molar-refractivity contribution in [3.05, 3.63) is 58.6 Å². The number of likely N-dealkylation sites (tertiary alicyclic amines) is 1. The Bertz CT molecular complexity index is 1030. The third-order valence-corrected chi connectivity index (χ3v) is 6.33. The summed E-state index contributed by atoms with van der Waals surface area (Å²) in [7, 11) is 0. The number of phenolic OH excluding ortho intramolecular Hbond substituents is 1.